The fourth-order valence-electron chi connectivity index (χ4n) is 1.25. The van der Waals surface area contributed by atoms with Gasteiger partial charge in [0.15, 0.2) is 0 Å². The largest absolute Gasteiger partial charge is 0.481 e. The van der Waals surface area contributed by atoms with Crippen LogP contribution in [-0.2, 0) is 4.79 Å². The van der Waals surface area contributed by atoms with Crippen molar-refractivity contribution >= 4 is 5.97 Å². The predicted octanol–water partition coefficient (Wildman–Crippen LogP) is 2.17. The van der Waals surface area contributed by atoms with Crippen molar-refractivity contribution in [2.75, 3.05) is 0 Å². The molecule has 0 aromatic carbocycles. The van der Waals surface area contributed by atoms with Gasteiger partial charge in [0, 0.05) is 6.04 Å². The zero-order chi connectivity index (χ0) is 11.1. The molecule has 0 rings (SSSR count). The molecular formula is C11H21NO2. The number of hydrogen-bond acceptors (Lipinski definition) is 2. The predicted molar refractivity (Wildman–Crippen MR) is 58.1 cm³/mol. The molecule has 3 N–H and O–H groups in total. The van der Waals surface area contributed by atoms with Crippen molar-refractivity contribution in [3.8, 4) is 0 Å². The average molecular weight is 199 g/mol. The molecule has 0 aromatic rings. The molecule has 0 saturated carbocycles. The lowest BCUT2D eigenvalue weighted by Gasteiger charge is -2.17. The minimum Gasteiger partial charge on any atom is -0.481 e. The third-order valence-corrected chi connectivity index (χ3v) is 2.32. The Hall–Kier alpha value is -0.830. The Morgan fingerprint density at radius 3 is 2.50 bits per heavy atom. The van der Waals surface area contributed by atoms with Gasteiger partial charge in [0.2, 0.25) is 0 Å². The summed E-state index contributed by atoms with van der Waals surface area (Å²) in [4.78, 5) is 10.4. The Bertz CT molecular complexity index is 207. The number of carboxylic acid groups (broad SMARTS) is 1. The molecule has 0 fully saturated rings. The third kappa shape index (κ3) is 6.66. The van der Waals surface area contributed by atoms with E-state index in [1.807, 2.05) is 6.92 Å². The fraction of sp³-hybridized carbons (Fsp3) is 0.727. The Morgan fingerprint density at radius 1 is 1.50 bits per heavy atom. The van der Waals surface area contributed by atoms with Crippen molar-refractivity contribution in [3.63, 3.8) is 0 Å². The Morgan fingerprint density at radius 2 is 2.07 bits per heavy atom. The molecule has 82 valence electrons. The summed E-state index contributed by atoms with van der Waals surface area (Å²) in [6.45, 7) is 6.12. The van der Waals surface area contributed by atoms with Crippen molar-refractivity contribution in [3.05, 3.63) is 11.6 Å². The minimum atomic E-state index is -0.813. The first-order valence-corrected chi connectivity index (χ1v) is 5.04. The molecule has 0 saturated heterocycles. The van der Waals surface area contributed by atoms with Crippen LogP contribution in [0, 0.1) is 5.92 Å². The van der Waals surface area contributed by atoms with Gasteiger partial charge in [0.05, 0.1) is 6.42 Å². The maximum Gasteiger partial charge on any atom is 0.304 e. The summed E-state index contributed by atoms with van der Waals surface area (Å²) < 4.78 is 0. The van der Waals surface area contributed by atoms with Crippen LogP contribution in [0.25, 0.3) is 0 Å². The normalized spacial score (nSPS) is 14.6. The summed E-state index contributed by atoms with van der Waals surface area (Å²) in [5.74, 6) is -0.548. The van der Waals surface area contributed by atoms with E-state index in [1.54, 1.807) is 0 Å². The van der Waals surface area contributed by atoms with Crippen LogP contribution in [0.15, 0.2) is 11.6 Å². The maximum atomic E-state index is 10.4. The van der Waals surface area contributed by atoms with Crippen LogP contribution in [0.5, 0.6) is 0 Å². The van der Waals surface area contributed by atoms with Crippen molar-refractivity contribution in [2.45, 2.75) is 46.1 Å². The number of hydrogen-bond donors (Lipinski definition) is 2. The number of rotatable bonds is 6. The van der Waals surface area contributed by atoms with Crippen LogP contribution >= 0.6 is 0 Å². The number of carbonyl (C=O) groups is 1. The van der Waals surface area contributed by atoms with Crippen LogP contribution in [0.3, 0.4) is 0 Å². The van der Waals surface area contributed by atoms with Crippen molar-refractivity contribution in [2.24, 2.45) is 11.7 Å². The molecular weight excluding hydrogens is 178 g/mol. The molecule has 0 radical (unpaired) electrons. The van der Waals surface area contributed by atoms with Crippen LogP contribution in [0.2, 0.25) is 0 Å². The smallest absolute Gasteiger partial charge is 0.304 e. The molecule has 0 aliphatic heterocycles. The highest BCUT2D eigenvalue weighted by Crippen LogP contribution is 2.13. The second kappa shape index (κ2) is 6.60. The molecule has 2 atom stereocenters. The van der Waals surface area contributed by atoms with Crippen molar-refractivity contribution in [1.29, 1.82) is 0 Å². The van der Waals surface area contributed by atoms with E-state index in [0.29, 0.717) is 0 Å². The summed E-state index contributed by atoms with van der Waals surface area (Å²) >= 11 is 0. The fourth-order valence-corrected chi connectivity index (χ4v) is 1.25. The van der Waals surface area contributed by atoms with E-state index < -0.39 is 5.97 Å². The first kappa shape index (κ1) is 13.2. The third-order valence-electron chi connectivity index (χ3n) is 2.32. The number of carboxylic acids is 1. The van der Waals surface area contributed by atoms with E-state index >= 15 is 0 Å². The lowest BCUT2D eigenvalue weighted by molar-refractivity contribution is -0.137. The summed E-state index contributed by atoms with van der Waals surface area (Å²) in [6, 6.07) is -0.224. The SMILES string of the molecule is CC(C)=CCCC(C)C(N)CC(=O)O. The van der Waals surface area contributed by atoms with Crippen LogP contribution < -0.4 is 5.73 Å². The summed E-state index contributed by atoms with van der Waals surface area (Å²) in [6.07, 6.45) is 4.16. The summed E-state index contributed by atoms with van der Waals surface area (Å²) in [5, 5.41) is 8.55. The Balaban J connectivity index is 3.78. The van der Waals surface area contributed by atoms with E-state index in [4.69, 9.17) is 10.8 Å². The van der Waals surface area contributed by atoms with Crippen LogP contribution in [-0.4, -0.2) is 17.1 Å². The highest BCUT2D eigenvalue weighted by atomic mass is 16.4. The summed E-state index contributed by atoms with van der Waals surface area (Å²) in [5.41, 5.74) is 7.03. The molecule has 0 aliphatic carbocycles. The summed E-state index contributed by atoms with van der Waals surface area (Å²) in [7, 11) is 0. The number of aliphatic carboxylic acids is 1. The maximum absolute atomic E-state index is 10.4. The van der Waals surface area contributed by atoms with Crippen molar-refractivity contribution < 1.29 is 9.90 Å². The second-order valence-electron chi connectivity index (χ2n) is 4.10. The van der Waals surface area contributed by atoms with Crippen LogP contribution in [0.4, 0.5) is 0 Å². The number of nitrogens with two attached hydrogens (primary N) is 1. The molecule has 0 amide bonds. The molecule has 0 spiro atoms. The molecule has 14 heavy (non-hydrogen) atoms. The topological polar surface area (TPSA) is 63.3 Å². The van der Waals surface area contributed by atoms with E-state index in [1.165, 1.54) is 5.57 Å². The number of allylic oxidation sites excluding steroid dienone is 2. The zero-order valence-corrected chi connectivity index (χ0v) is 9.29. The first-order valence-electron chi connectivity index (χ1n) is 5.04. The standard InChI is InChI=1S/C11H21NO2/c1-8(2)5-4-6-9(3)10(12)7-11(13)14/h5,9-10H,4,6-7,12H2,1-3H3,(H,13,14). The molecule has 3 nitrogen and oxygen atoms in total. The van der Waals surface area contributed by atoms with Crippen LogP contribution in [0.1, 0.15) is 40.0 Å². The molecule has 2 unspecified atom stereocenters. The van der Waals surface area contributed by atoms with Gasteiger partial charge in [-0.1, -0.05) is 18.6 Å². The first-order chi connectivity index (χ1) is 6.43. The van der Waals surface area contributed by atoms with E-state index in [-0.39, 0.29) is 18.4 Å². The van der Waals surface area contributed by atoms with Gasteiger partial charge < -0.3 is 10.8 Å². The van der Waals surface area contributed by atoms with Gasteiger partial charge in [-0.3, -0.25) is 4.79 Å². The quantitative estimate of drug-likeness (QED) is 0.644. The lowest BCUT2D eigenvalue weighted by Crippen LogP contribution is -2.30. The molecule has 0 aliphatic rings. The average Bonchev–Trinajstić information content (AvgIpc) is 2.01. The molecule has 0 heterocycles. The van der Waals surface area contributed by atoms with Gasteiger partial charge in [-0.25, -0.2) is 0 Å². The van der Waals surface area contributed by atoms with E-state index in [2.05, 4.69) is 19.9 Å². The van der Waals surface area contributed by atoms with Gasteiger partial charge in [-0.2, -0.15) is 0 Å². The van der Waals surface area contributed by atoms with E-state index in [0.717, 1.165) is 12.8 Å². The monoisotopic (exact) mass is 199 g/mol. The lowest BCUT2D eigenvalue weighted by atomic mass is 9.94. The highest BCUT2D eigenvalue weighted by Gasteiger charge is 2.14. The van der Waals surface area contributed by atoms with Gasteiger partial charge in [-0.05, 0) is 32.6 Å². The highest BCUT2D eigenvalue weighted by molar-refractivity contribution is 5.67. The second-order valence-corrected chi connectivity index (χ2v) is 4.10. The van der Waals surface area contributed by atoms with Crippen molar-refractivity contribution in [1.82, 2.24) is 0 Å². The minimum absolute atomic E-state index is 0.0655. The van der Waals surface area contributed by atoms with Gasteiger partial charge >= 0.3 is 5.97 Å². The molecule has 0 bridgehead atoms. The molecule has 3 heteroatoms. The van der Waals surface area contributed by atoms with Gasteiger partial charge in [0.25, 0.3) is 0 Å². The Labute approximate surface area is 86.0 Å². The Kier molecular flexibility index (Phi) is 6.21. The van der Waals surface area contributed by atoms with Gasteiger partial charge in [-0.15, -0.1) is 0 Å². The molecule has 0 aromatic heterocycles. The van der Waals surface area contributed by atoms with E-state index in [9.17, 15) is 4.79 Å². The van der Waals surface area contributed by atoms with Gasteiger partial charge in [0.1, 0.15) is 0 Å². The zero-order valence-electron chi connectivity index (χ0n) is 9.29.